The van der Waals surface area contributed by atoms with Crippen molar-refractivity contribution in [3.8, 4) is 5.75 Å². The number of benzene rings is 1. The Morgan fingerprint density at radius 2 is 2.10 bits per heavy atom. The van der Waals surface area contributed by atoms with Crippen LogP contribution in [0.5, 0.6) is 5.75 Å². The fraction of sp³-hybridized carbons (Fsp3) is 0.412. The molecule has 0 radical (unpaired) electrons. The average molecular weight is 286 g/mol. The van der Waals surface area contributed by atoms with Gasteiger partial charge in [0.25, 0.3) is 0 Å². The summed E-state index contributed by atoms with van der Waals surface area (Å²) in [6.07, 6.45) is 2.19. The summed E-state index contributed by atoms with van der Waals surface area (Å²) < 4.78 is 7.36. The third-order valence-corrected chi connectivity index (χ3v) is 3.36. The van der Waals surface area contributed by atoms with E-state index in [-0.39, 0.29) is 5.78 Å². The molecule has 0 fully saturated rings. The summed E-state index contributed by atoms with van der Waals surface area (Å²) in [5.41, 5.74) is 2.64. The summed E-state index contributed by atoms with van der Waals surface area (Å²) in [6, 6.07) is 9.38. The monoisotopic (exact) mass is 286 g/mol. The van der Waals surface area contributed by atoms with E-state index in [1.165, 1.54) is 0 Å². The Hall–Kier alpha value is -2.10. The summed E-state index contributed by atoms with van der Waals surface area (Å²) in [5, 5.41) is 4.37. The van der Waals surface area contributed by atoms with Crippen LogP contribution in [0, 0.1) is 0 Å². The molecule has 4 nitrogen and oxygen atoms in total. The Morgan fingerprint density at radius 3 is 2.76 bits per heavy atom. The van der Waals surface area contributed by atoms with Gasteiger partial charge in [0.1, 0.15) is 5.75 Å². The van der Waals surface area contributed by atoms with Crippen LogP contribution in [-0.4, -0.2) is 22.2 Å². The van der Waals surface area contributed by atoms with E-state index in [1.54, 1.807) is 4.68 Å². The first-order valence-electron chi connectivity index (χ1n) is 7.41. The molecule has 1 heterocycles. The van der Waals surface area contributed by atoms with Gasteiger partial charge in [-0.25, -0.2) is 0 Å². The van der Waals surface area contributed by atoms with Crippen LogP contribution in [0.1, 0.15) is 42.0 Å². The van der Waals surface area contributed by atoms with Crippen LogP contribution < -0.4 is 4.74 Å². The zero-order valence-corrected chi connectivity index (χ0v) is 12.9. The second kappa shape index (κ2) is 7.07. The normalized spacial score (nSPS) is 10.6. The summed E-state index contributed by atoms with van der Waals surface area (Å²) in [5.74, 6) is 0.838. The smallest absolute Gasteiger partial charge is 0.168 e. The van der Waals surface area contributed by atoms with Crippen LogP contribution in [0.2, 0.25) is 0 Å². The fourth-order valence-electron chi connectivity index (χ4n) is 2.16. The van der Waals surface area contributed by atoms with Gasteiger partial charge in [0.05, 0.1) is 18.7 Å². The van der Waals surface area contributed by atoms with Crippen LogP contribution in [0.25, 0.3) is 0 Å². The molecule has 0 aliphatic carbocycles. The summed E-state index contributed by atoms with van der Waals surface area (Å²) in [6.45, 7) is 4.78. The number of Topliss-reactive ketones (excluding diaryl/α,β-unsaturated/α-hetero) is 1. The predicted molar refractivity (Wildman–Crippen MR) is 82.8 cm³/mol. The first-order valence-corrected chi connectivity index (χ1v) is 7.41. The molecule has 0 saturated heterocycles. The summed E-state index contributed by atoms with van der Waals surface area (Å²) >= 11 is 0. The first kappa shape index (κ1) is 15.3. The van der Waals surface area contributed by atoms with Crippen LogP contribution in [-0.2, 0) is 19.9 Å². The first-order chi connectivity index (χ1) is 10.1. The van der Waals surface area contributed by atoms with Crippen molar-refractivity contribution in [2.45, 2.75) is 33.1 Å². The molecule has 0 aliphatic heterocycles. The lowest BCUT2D eigenvalue weighted by molar-refractivity contribution is 0.0990. The Kier molecular flexibility index (Phi) is 5.14. The number of nitrogens with zero attached hydrogens (tertiary/aromatic N) is 2. The SMILES string of the molecule is CCCOc1cccc(C(=O)Cc2cc(CC)nn2C)c1. The number of ketones is 1. The van der Waals surface area contributed by atoms with Crippen molar-refractivity contribution >= 4 is 5.78 Å². The number of hydrogen-bond acceptors (Lipinski definition) is 3. The third kappa shape index (κ3) is 3.94. The molecule has 112 valence electrons. The number of carbonyl (C=O) groups excluding carboxylic acids is 1. The molecule has 1 aromatic heterocycles. The molecular weight excluding hydrogens is 264 g/mol. The Morgan fingerprint density at radius 1 is 1.29 bits per heavy atom. The molecule has 21 heavy (non-hydrogen) atoms. The third-order valence-electron chi connectivity index (χ3n) is 3.36. The highest BCUT2D eigenvalue weighted by Crippen LogP contribution is 2.16. The van der Waals surface area contributed by atoms with Gasteiger partial charge >= 0.3 is 0 Å². The Labute approximate surface area is 125 Å². The minimum absolute atomic E-state index is 0.0857. The van der Waals surface area contributed by atoms with Crippen molar-refractivity contribution in [3.63, 3.8) is 0 Å². The molecule has 0 amide bonds. The average Bonchev–Trinajstić information content (AvgIpc) is 2.85. The molecule has 4 heteroatoms. The molecule has 0 aliphatic rings. The van der Waals surface area contributed by atoms with Gasteiger partial charge in [0.2, 0.25) is 0 Å². The maximum atomic E-state index is 12.4. The molecular formula is C17H22N2O2. The Balaban J connectivity index is 2.10. The maximum absolute atomic E-state index is 12.4. The summed E-state index contributed by atoms with van der Waals surface area (Å²) in [7, 11) is 1.88. The van der Waals surface area contributed by atoms with E-state index < -0.39 is 0 Å². The van der Waals surface area contributed by atoms with Crippen molar-refractivity contribution in [2.75, 3.05) is 6.61 Å². The van der Waals surface area contributed by atoms with Crippen LogP contribution in [0.3, 0.4) is 0 Å². The van der Waals surface area contributed by atoms with Gasteiger partial charge in [-0.3, -0.25) is 9.48 Å². The fourth-order valence-corrected chi connectivity index (χ4v) is 2.16. The van der Waals surface area contributed by atoms with Gasteiger partial charge in [-0.05, 0) is 31.0 Å². The molecule has 2 rings (SSSR count). The molecule has 0 unspecified atom stereocenters. The van der Waals surface area contributed by atoms with Gasteiger partial charge in [0.15, 0.2) is 5.78 Å². The van der Waals surface area contributed by atoms with Gasteiger partial charge in [-0.2, -0.15) is 5.10 Å². The second-order valence-corrected chi connectivity index (χ2v) is 5.08. The zero-order valence-electron chi connectivity index (χ0n) is 12.9. The van der Waals surface area contributed by atoms with Crippen LogP contribution in [0.15, 0.2) is 30.3 Å². The number of ether oxygens (including phenoxy) is 1. The lowest BCUT2D eigenvalue weighted by Gasteiger charge is -2.06. The van der Waals surface area contributed by atoms with Crippen molar-refractivity contribution in [1.29, 1.82) is 0 Å². The van der Waals surface area contributed by atoms with Crippen molar-refractivity contribution in [2.24, 2.45) is 7.05 Å². The van der Waals surface area contributed by atoms with Crippen molar-refractivity contribution in [1.82, 2.24) is 9.78 Å². The molecule has 0 spiro atoms. The molecule has 0 saturated carbocycles. The molecule has 0 N–H and O–H groups in total. The molecule has 0 bridgehead atoms. The maximum Gasteiger partial charge on any atom is 0.168 e. The quantitative estimate of drug-likeness (QED) is 0.734. The topological polar surface area (TPSA) is 44.1 Å². The second-order valence-electron chi connectivity index (χ2n) is 5.08. The number of rotatable bonds is 7. The van der Waals surface area contributed by atoms with Gasteiger partial charge in [0, 0.05) is 18.3 Å². The van der Waals surface area contributed by atoms with E-state index in [1.807, 2.05) is 37.4 Å². The number of carbonyl (C=O) groups is 1. The highest BCUT2D eigenvalue weighted by Gasteiger charge is 2.12. The lowest BCUT2D eigenvalue weighted by Crippen LogP contribution is -2.08. The highest BCUT2D eigenvalue weighted by molar-refractivity contribution is 5.97. The van der Waals surface area contributed by atoms with Gasteiger partial charge in [-0.15, -0.1) is 0 Å². The van der Waals surface area contributed by atoms with Gasteiger partial charge < -0.3 is 4.74 Å². The van der Waals surface area contributed by atoms with E-state index in [9.17, 15) is 4.79 Å². The zero-order chi connectivity index (χ0) is 15.2. The van der Waals surface area contributed by atoms with Crippen LogP contribution in [0.4, 0.5) is 0 Å². The minimum atomic E-state index is 0.0857. The number of aromatic nitrogens is 2. The van der Waals surface area contributed by atoms with E-state index in [4.69, 9.17) is 4.74 Å². The highest BCUT2D eigenvalue weighted by atomic mass is 16.5. The summed E-state index contributed by atoms with van der Waals surface area (Å²) in [4.78, 5) is 12.4. The van der Waals surface area contributed by atoms with Crippen molar-refractivity contribution < 1.29 is 9.53 Å². The van der Waals surface area contributed by atoms with E-state index in [2.05, 4.69) is 18.9 Å². The van der Waals surface area contributed by atoms with E-state index >= 15 is 0 Å². The molecule has 0 atom stereocenters. The lowest BCUT2D eigenvalue weighted by atomic mass is 10.1. The van der Waals surface area contributed by atoms with E-state index in [0.29, 0.717) is 18.6 Å². The molecule has 1 aromatic carbocycles. The number of hydrogen-bond donors (Lipinski definition) is 0. The number of aryl methyl sites for hydroxylation is 2. The van der Waals surface area contributed by atoms with Gasteiger partial charge in [-0.1, -0.05) is 26.0 Å². The standard InChI is InChI=1S/C17H22N2O2/c1-4-9-21-16-8-6-7-13(10-16)17(20)12-15-11-14(5-2)18-19(15)3/h6-8,10-11H,4-5,9,12H2,1-3H3. The predicted octanol–water partition coefficient (Wildman–Crippen LogP) is 3.20. The molecule has 2 aromatic rings. The van der Waals surface area contributed by atoms with Crippen molar-refractivity contribution in [3.05, 3.63) is 47.3 Å². The van der Waals surface area contributed by atoms with Crippen LogP contribution >= 0.6 is 0 Å². The minimum Gasteiger partial charge on any atom is -0.494 e. The largest absolute Gasteiger partial charge is 0.494 e. The van der Waals surface area contributed by atoms with E-state index in [0.717, 1.165) is 30.0 Å². The Bertz CT molecular complexity index is 617.